The lowest BCUT2D eigenvalue weighted by Gasteiger charge is -2.10. The minimum atomic E-state index is -0.860. The van der Waals surface area contributed by atoms with E-state index < -0.39 is 12.1 Å². The molecule has 0 fully saturated rings. The first-order valence-corrected chi connectivity index (χ1v) is 6.65. The number of halogens is 4. The van der Waals surface area contributed by atoms with Gasteiger partial charge in [0, 0.05) is 10.6 Å². The average molecular weight is 340 g/mol. The van der Waals surface area contributed by atoms with Crippen molar-refractivity contribution in [3.8, 4) is 0 Å². The molecule has 0 N–H and O–H groups in total. The van der Waals surface area contributed by atoms with E-state index in [2.05, 4.69) is 0 Å². The molecule has 0 spiro atoms. The Morgan fingerprint density at radius 3 is 2.42 bits per heavy atom. The van der Waals surface area contributed by atoms with Gasteiger partial charge in [-0.2, -0.15) is 0 Å². The molecule has 3 nitrogen and oxygen atoms in total. The molecule has 2 rings (SSSR count). The highest BCUT2D eigenvalue weighted by molar-refractivity contribution is 6.48. The van der Waals surface area contributed by atoms with Crippen LogP contribution in [0.4, 0.5) is 0 Å². The molecule has 1 aromatic rings. The van der Waals surface area contributed by atoms with Gasteiger partial charge in [0.2, 0.25) is 0 Å². The highest BCUT2D eigenvalue weighted by Gasteiger charge is 2.34. The lowest BCUT2D eigenvalue weighted by Crippen LogP contribution is -2.16. The van der Waals surface area contributed by atoms with Gasteiger partial charge in [-0.3, -0.25) is 4.79 Å². The van der Waals surface area contributed by atoms with Gasteiger partial charge in [-0.15, -0.1) is 0 Å². The number of hydrogen-bond donors (Lipinski definition) is 0. The smallest absolute Gasteiger partial charge is 0.351 e. The van der Waals surface area contributed by atoms with Crippen molar-refractivity contribution in [2.24, 2.45) is 0 Å². The zero-order valence-electron chi connectivity index (χ0n) is 9.25. The van der Waals surface area contributed by atoms with Crippen LogP contribution in [0.15, 0.2) is 28.3 Å². The lowest BCUT2D eigenvalue weighted by molar-refractivity contribution is -0.138. The Balaban J connectivity index is 2.17. The van der Waals surface area contributed by atoms with Gasteiger partial charge >= 0.3 is 5.97 Å². The maximum atomic E-state index is 12.0. The number of ether oxygens (including phenoxy) is 1. The third-order valence-corrected chi connectivity index (χ3v) is 3.96. The van der Waals surface area contributed by atoms with Crippen molar-refractivity contribution in [2.45, 2.75) is 12.5 Å². The van der Waals surface area contributed by atoms with Crippen molar-refractivity contribution in [3.63, 3.8) is 0 Å². The van der Waals surface area contributed by atoms with Crippen LogP contribution >= 0.6 is 46.4 Å². The van der Waals surface area contributed by atoms with Crippen LogP contribution in [0.25, 0.3) is 0 Å². The Morgan fingerprint density at radius 2 is 1.89 bits per heavy atom. The van der Waals surface area contributed by atoms with Crippen LogP contribution in [0.5, 0.6) is 0 Å². The van der Waals surface area contributed by atoms with Gasteiger partial charge in [0.1, 0.15) is 11.1 Å². The lowest BCUT2D eigenvalue weighted by atomic mass is 10.1. The number of benzene rings is 1. The Labute approximate surface area is 129 Å². The van der Waals surface area contributed by atoms with E-state index >= 15 is 0 Å². The number of hydrogen-bond acceptors (Lipinski definition) is 3. The summed E-state index contributed by atoms with van der Waals surface area (Å²) in [5, 5.41) is 0.495. The molecule has 0 bridgehead atoms. The largest absolute Gasteiger partial charge is 0.452 e. The zero-order valence-corrected chi connectivity index (χ0v) is 12.3. The fourth-order valence-electron chi connectivity index (χ4n) is 1.60. The number of cyclic esters (lactones) is 1. The summed E-state index contributed by atoms with van der Waals surface area (Å²) in [6, 6.07) is 4.51. The summed E-state index contributed by atoms with van der Waals surface area (Å²) in [7, 11) is 0. The molecule has 0 saturated carbocycles. The van der Waals surface area contributed by atoms with Crippen LogP contribution in [0.2, 0.25) is 10.0 Å². The Kier molecular flexibility index (Phi) is 4.41. The fraction of sp³-hybridized carbons (Fsp3) is 0.167. The summed E-state index contributed by atoms with van der Waals surface area (Å²) in [6.45, 7) is 0. The quantitative estimate of drug-likeness (QED) is 0.612. The van der Waals surface area contributed by atoms with Crippen LogP contribution in [0.1, 0.15) is 16.8 Å². The van der Waals surface area contributed by atoms with E-state index in [1.165, 1.54) is 12.1 Å². The summed E-state index contributed by atoms with van der Waals surface area (Å²) < 4.78 is 4.87. The fourth-order valence-corrected chi connectivity index (χ4v) is 2.48. The summed E-state index contributed by atoms with van der Waals surface area (Å²) in [6.07, 6.45) is -0.983. The van der Waals surface area contributed by atoms with Crippen molar-refractivity contribution in [1.29, 1.82) is 0 Å². The van der Waals surface area contributed by atoms with Gasteiger partial charge in [0.15, 0.2) is 5.78 Å². The molecule has 0 aliphatic carbocycles. The second kappa shape index (κ2) is 5.71. The second-order valence-corrected chi connectivity index (χ2v) is 5.44. The molecule has 0 radical (unpaired) electrons. The summed E-state index contributed by atoms with van der Waals surface area (Å²) in [5.41, 5.74) is 0.287. The van der Waals surface area contributed by atoms with Gasteiger partial charge in [-0.1, -0.05) is 46.4 Å². The molecular weight excluding hydrogens is 334 g/mol. The van der Waals surface area contributed by atoms with Crippen molar-refractivity contribution < 1.29 is 14.3 Å². The van der Waals surface area contributed by atoms with Crippen molar-refractivity contribution in [1.82, 2.24) is 0 Å². The van der Waals surface area contributed by atoms with Crippen molar-refractivity contribution in [2.75, 3.05) is 0 Å². The molecule has 1 heterocycles. The molecule has 1 aliphatic heterocycles. The molecule has 0 unspecified atom stereocenters. The molecule has 7 heteroatoms. The van der Waals surface area contributed by atoms with Crippen LogP contribution in [0.3, 0.4) is 0 Å². The average Bonchev–Trinajstić information content (AvgIpc) is 2.57. The van der Waals surface area contributed by atoms with E-state index in [0.29, 0.717) is 5.02 Å². The topological polar surface area (TPSA) is 43.4 Å². The van der Waals surface area contributed by atoms with E-state index in [0.717, 1.165) is 0 Å². The van der Waals surface area contributed by atoms with E-state index in [9.17, 15) is 9.59 Å². The standard InChI is InChI=1S/C12H6Cl4O3/c13-5-1-2-6(7(14)3-5)8(17)4-9-10(15)11(16)12(18)19-9/h1-3,9H,4H2/t9-/m0/s1. The summed E-state index contributed by atoms with van der Waals surface area (Å²) in [5.74, 6) is -1.05. The van der Waals surface area contributed by atoms with E-state index in [-0.39, 0.29) is 32.9 Å². The minimum absolute atomic E-state index is 0.0325. The summed E-state index contributed by atoms with van der Waals surface area (Å²) >= 11 is 23.1. The number of Topliss-reactive ketones (excluding diaryl/α,β-unsaturated/α-hetero) is 1. The zero-order chi connectivity index (χ0) is 14.2. The van der Waals surface area contributed by atoms with Crippen LogP contribution in [-0.4, -0.2) is 17.9 Å². The molecule has 0 aromatic heterocycles. The van der Waals surface area contributed by atoms with Crippen LogP contribution < -0.4 is 0 Å². The molecular formula is C12H6Cl4O3. The first-order valence-electron chi connectivity index (χ1n) is 5.14. The number of carbonyl (C=O) groups excluding carboxylic acids is 2. The van der Waals surface area contributed by atoms with Crippen molar-refractivity contribution in [3.05, 3.63) is 43.9 Å². The van der Waals surface area contributed by atoms with Gasteiger partial charge in [0.05, 0.1) is 16.5 Å². The van der Waals surface area contributed by atoms with Crippen LogP contribution in [-0.2, 0) is 9.53 Å². The second-order valence-electron chi connectivity index (χ2n) is 3.81. The van der Waals surface area contributed by atoms with Crippen LogP contribution in [0, 0.1) is 0 Å². The SMILES string of the molecule is O=C1O[C@@H](CC(=O)c2ccc(Cl)cc2Cl)C(Cl)=C1Cl. The van der Waals surface area contributed by atoms with E-state index in [4.69, 9.17) is 51.1 Å². The normalized spacial score (nSPS) is 18.7. The third-order valence-electron chi connectivity index (χ3n) is 2.52. The number of ketones is 1. The molecule has 19 heavy (non-hydrogen) atoms. The Morgan fingerprint density at radius 1 is 1.21 bits per heavy atom. The van der Waals surface area contributed by atoms with Crippen molar-refractivity contribution >= 4 is 58.2 Å². The Bertz CT molecular complexity index is 595. The monoisotopic (exact) mass is 338 g/mol. The summed E-state index contributed by atoms with van der Waals surface area (Å²) in [4.78, 5) is 23.2. The molecule has 1 atom stereocenters. The highest BCUT2D eigenvalue weighted by Crippen LogP contribution is 2.32. The minimum Gasteiger partial charge on any atom is -0.452 e. The van der Waals surface area contributed by atoms with Gasteiger partial charge in [-0.05, 0) is 18.2 Å². The number of carbonyl (C=O) groups is 2. The van der Waals surface area contributed by atoms with E-state index in [1.54, 1.807) is 6.07 Å². The molecule has 0 amide bonds. The predicted octanol–water partition coefficient (Wildman–Crippen LogP) is 4.18. The molecule has 1 aromatic carbocycles. The number of esters is 1. The molecule has 1 aliphatic rings. The maximum absolute atomic E-state index is 12.0. The maximum Gasteiger partial charge on any atom is 0.351 e. The third kappa shape index (κ3) is 3.06. The van der Waals surface area contributed by atoms with E-state index in [1.807, 2.05) is 0 Å². The van der Waals surface area contributed by atoms with Gasteiger partial charge < -0.3 is 4.74 Å². The van der Waals surface area contributed by atoms with Gasteiger partial charge in [-0.25, -0.2) is 4.79 Å². The number of rotatable bonds is 3. The Hall–Kier alpha value is -0.740. The van der Waals surface area contributed by atoms with Gasteiger partial charge in [0.25, 0.3) is 0 Å². The first-order chi connectivity index (χ1) is 8.90. The first kappa shape index (κ1) is 14.7. The highest BCUT2D eigenvalue weighted by atomic mass is 35.5. The molecule has 0 saturated heterocycles. The molecule has 100 valence electrons. The predicted molar refractivity (Wildman–Crippen MR) is 74.0 cm³/mol.